The normalized spacial score (nSPS) is 13.3. The molecule has 0 aromatic carbocycles. The summed E-state index contributed by atoms with van der Waals surface area (Å²) in [4.78, 5) is 13.5. The Balaban J connectivity index is 5.90. The Morgan fingerprint density at radius 2 is 0.778 bits per heavy atom. The van der Waals surface area contributed by atoms with Crippen LogP contribution in [-0.4, -0.2) is 103 Å². The maximum atomic E-state index is 13.5. The molecule has 0 aliphatic carbocycles. The fourth-order valence-corrected chi connectivity index (χ4v) is 9.73. The zero-order chi connectivity index (χ0) is 27.7. The lowest BCUT2D eigenvalue weighted by atomic mass is 9.75. The molecular formula is C22H50O11Si3. The summed E-state index contributed by atoms with van der Waals surface area (Å²) in [5.41, 5.74) is -0.740. The van der Waals surface area contributed by atoms with Gasteiger partial charge in [0.25, 0.3) is 0 Å². The molecule has 0 heterocycles. The molecule has 0 fully saturated rings. The first-order valence-electron chi connectivity index (χ1n) is 12.3. The predicted octanol–water partition coefficient (Wildman–Crippen LogP) is 3.51. The Bertz CT molecular complexity index is 496. The van der Waals surface area contributed by atoms with Crippen LogP contribution in [0, 0.1) is 5.41 Å². The second-order valence-corrected chi connectivity index (χ2v) is 17.7. The van der Waals surface area contributed by atoms with Crippen LogP contribution in [-0.2, 0) is 49.4 Å². The minimum atomic E-state index is -2.79. The van der Waals surface area contributed by atoms with Gasteiger partial charge in [0.15, 0.2) is 0 Å². The molecule has 0 bridgehead atoms. The Kier molecular flexibility index (Phi) is 18.0. The lowest BCUT2D eigenvalue weighted by molar-refractivity contribution is -0.157. The molecular weight excluding hydrogens is 524 g/mol. The van der Waals surface area contributed by atoms with Crippen LogP contribution >= 0.6 is 0 Å². The number of carbonyl (C=O) groups excluding carboxylic acids is 1. The van der Waals surface area contributed by atoms with Gasteiger partial charge in [0, 0.05) is 82.1 Å². The van der Waals surface area contributed by atoms with E-state index in [1.54, 1.807) is 64.0 Å². The van der Waals surface area contributed by atoms with E-state index in [1.165, 1.54) is 0 Å². The lowest BCUT2D eigenvalue weighted by Crippen LogP contribution is -2.44. The summed E-state index contributed by atoms with van der Waals surface area (Å²) in [6.07, 6.45) is 3.76. The van der Waals surface area contributed by atoms with E-state index in [0.29, 0.717) is 63.3 Å². The van der Waals surface area contributed by atoms with Gasteiger partial charge in [-0.25, -0.2) is 0 Å². The van der Waals surface area contributed by atoms with E-state index in [2.05, 4.69) is 0 Å². The Hall–Kier alpha value is -0.239. The molecule has 36 heavy (non-hydrogen) atoms. The van der Waals surface area contributed by atoms with E-state index < -0.39 is 31.8 Å². The summed E-state index contributed by atoms with van der Waals surface area (Å²) >= 11 is 0. The van der Waals surface area contributed by atoms with E-state index in [4.69, 9.17) is 44.6 Å². The molecule has 0 radical (unpaired) electrons. The monoisotopic (exact) mass is 574 g/mol. The summed E-state index contributed by atoms with van der Waals surface area (Å²) in [6.45, 7) is 2.12. The maximum absolute atomic E-state index is 13.5. The van der Waals surface area contributed by atoms with Crippen LogP contribution in [0.1, 0.15) is 45.4 Å². The molecule has 0 aromatic heterocycles. The Labute approximate surface area is 221 Å². The molecule has 0 saturated heterocycles. The van der Waals surface area contributed by atoms with Gasteiger partial charge in [-0.05, 0) is 45.4 Å². The molecule has 0 aliphatic rings. The van der Waals surface area contributed by atoms with Crippen molar-refractivity contribution >= 4 is 32.4 Å². The summed E-state index contributed by atoms with van der Waals surface area (Å²) in [5.74, 6) is -0.219. The van der Waals surface area contributed by atoms with Crippen LogP contribution < -0.4 is 0 Å². The fourth-order valence-electron chi connectivity index (χ4n) is 4.56. The third-order valence-corrected chi connectivity index (χ3v) is 15.4. The van der Waals surface area contributed by atoms with Crippen molar-refractivity contribution in [3.63, 3.8) is 0 Å². The minimum Gasteiger partial charge on any atom is -0.466 e. The molecule has 14 heteroatoms. The van der Waals surface area contributed by atoms with Gasteiger partial charge in [-0.1, -0.05) is 0 Å². The van der Waals surface area contributed by atoms with Crippen LogP contribution in [0.15, 0.2) is 0 Å². The number of esters is 1. The summed E-state index contributed by atoms with van der Waals surface area (Å²) < 4.78 is 55.9. The molecule has 216 valence electrons. The van der Waals surface area contributed by atoms with Gasteiger partial charge in [0.1, 0.15) is 0 Å². The standard InChI is InChI=1S/C22H50O11Si3/c1-11-33-21(23)22(15-12-18-34(24-2,25-3)26-4,16-13-19-35(27-5,28-6)29-7)17-14-20-36(30-8,31-9)32-10/h11-20H2,1-10H3. The second-order valence-electron chi connectivity index (χ2n) is 8.45. The van der Waals surface area contributed by atoms with Gasteiger partial charge < -0.3 is 44.6 Å². The van der Waals surface area contributed by atoms with E-state index in [-0.39, 0.29) is 5.97 Å². The summed E-state index contributed by atoms with van der Waals surface area (Å²) in [7, 11) is 5.95. The molecule has 0 aliphatic heterocycles. The van der Waals surface area contributed by atoms with Crippen molar-refractivity contribution in [3.8, 4) is 0 Å². The largest absolute Gasteiger partial charge is 0.500 e. The van der Waals surface area contributed by atoms with Crippen LogP contribution in [0.25, 0.3) is 0 Å². The number of hydrogen-bond donors (Lipinski definition) is 0. The average Bonchev–Trinajstić information content (AvgIpc) is 2.92. The smallest absolute Gasteiger partial charge is 0.466 e. The number of hydrogen-bond acceptors (Lipinski definition) is 11. The molecule has 0 amide bonds. The average molecular weight is 575 g/mol. The Morgan fingerprint density at radius 1 is 0.528 bits per heavy atom. The van der Waals surface area contributed by atoms with Gasteiger partial charge in [-0.2, -0.15) is 0 Å². The van der Waals surface area contributed by atoms with Gasteiger partial charge in [-0.15, -0.1) is 0 Å². The highest BCUT2D eigenvalue weighted by atomic mass is 28.4. The third kappa shape index (κ3) is 10.1. The summed E-state index contributed by atoms with van der Waals surface area (Å²) in [6, 6.07) is 1.74. The van der Waals surface area contributed by atoms with Crippen molar-refractivity contribution in [3.05, 3.63) is 0 Å². The lowest BCUT2D eigenvalue weighted by Gasteiger charge is -2.34. The van der Waals surface area contributed by atoms with Gasteiger partial charge in [0.05, 0.1) is 12.0 Å². The molecule has 0 rings (SSSR count). The highest BCUT2D eigenvalue weighted by Gasteiger charge is 2.45. The zero-order valence-electron chi connectivity index (χ0n) is 24.1. The van der Waals surface area contributed by atoms with E-state index in [1.807, 2.05) is 6.92 Å². The Morgan fingerprint density at radius 3 is 0.972 bits per heavy atom. The molecule has 0 aromatic rings. The maximum Gasteiger partial charge on any atom is 0.500 e. The van der Waals surface area contributed by atoms with Crippen molar-refractivity contribution in [2.24, 2.45) is 5.41 Å². The van der Waals surface area contributed by atoms with E-state index >= 15 is 0 Å². The highest BCUT2D eigenvalue weighted by molar-refractivity contribution is 6.61. The molecule has 0 unspecified atom stereocenters. The third-order valence-electron chi connectivity index (χ3n) is 6.92. The SMILES string of the molecule is CCOC(=O)C(CCC[Si](OC)(OC)OC)(CCC[Si](OC)(OC)OC)CCC[Si](OC)(OC)OC. The van der Waals surface area contributed by atoms with Gasteiger partial charge in [0.2, 0.25) is 0 Å². The first-order valence-corrected chi connectivity index (χ1v) is 18.1. The van der Waals surface area contributed by atoms with E-state index in [0.717, 1.165) is 0 Å². The minimum absolute atomic E-state index is 0.219. The van der Waals surface area contributed by atoms with Crippen molar-refractivity contribution in [1.29, 1.82) is 0 Å². The predicted molar refractivity (Wildman–Crippen MR) is 142 cm³/mol. The number of ether oxygens (including phenoxy) is 1. The molecule has 0 saturated carbocycles. The van der Waals surface area contributed by atoms with E-state index in [9.17, 15) is 4.79 Å². The van der Waals surface area contributed by atoms with Crippen molar-refractivity contribution in [2.75, 3.05) is 70.6 Å². The van der Waals surface area contributed by atoms with Gasteiger partial charge in [-0.3, -0.25) is 4.79 Å². The van der Waals surface area contributed by atoms with Crippen LogP contribution in [0.5, 0.6) is 0 Å². The number of carbonyl (C=O) groups is 1. The van der Waals surface area contributed by atoms with Crippen LogP contribution in [0.4, 0.5) is 0 Å². The molecule has 11 nitrogen and oxygen atoms in total. The topological polar surface area (TPSA) is 109 Å². The zero-order valence-corrected chi connectivity index (χ0v) is 27.1. The van der Waals surface area contributed by atoms with Crippen LogP contribution in [0.2, 0.25) is 18.1 Å². The summed E-state index contributed by atoms with van der Waals surface area (Å²) in [5, 5.41) is 0. The molecule has 0 N–H and O–H groups in total. The van der Waals surface area contributed by atoms with Gasteiger partial charge >= 0.3 is 32.4 Å². The van der Waals surface area contributed by atoms with Crippen LogP contribution in [0.3, 0.4) is 0 Å². The van der Waals surface area contributed by atoms with Crippen molar-refractivity contribution in [1.82, 2.24) is 0 Å². The molecule has 0 spiro atoms. The first-order chi connectivity index (χ1) is 17.1. The number of rotatable bonds is 23. The molecule has 0 atom stereocenters. The van der Waals surface area contributed by atoms with Crippen molar-refractivity contribution < 1.29 is 49.4 Å². The fraction of sp³-hybridized carbons (Fsp3) is 0.955. The first kappa shape index (κ1) is 35.8. The quantitative estimate of drug-likeness (QED) is 0.132. The highest BCUT2D eigenvalue weighted by Crippen LogP contribution is 2.40. The second kappa shape index (κ2) is 18.1. The van der Waals surface area contributed by atoms with Crippen molar-refractivity contribution in [2.45, 2.75) is 63.6 Å².